The number of ketones is 2. The fraction of sp³-hybridized carbons (Fsp3) is 0.211. The number of allylic oxidation sites excluding steroid dienone is 1. The smallest absolute Gasteiger partial charge is 0.213 e. The Morgan fingerprint density at radius 1 is 1.08 bits per heavy atom. The average Bonchev–Trinajstić information content (AvgIpc) is 2.62. The molecule has 5 nitrogen and oxygen atoms in total. The van der Waals surface area contributed by atoms with Crippen molar-refractivity contribution in [3.8, 4) is 5.88 Å². The predicted molar refractivity (Wildman–Crippen MR) is 90.9 cm³/mol. The molecule has 24 heavy (non-hydrogen) atoms. The fourth-order valence-corrected chi connectivity index (χ4v) is 2.76. The Balaban J connectivity index is 1.70. The average molecular weight is 322 g/mol. The highest BCUT2D eigenvalue weighted by Gasteiger charge is 2.31. The second kappa shape index (κ2) is 7.08. The third kappa shape index (κ3) is 3.51. The van der Waals surface area contributed by atoms with Gasteiger partial charge >= 0.3 is 0 Å². The van der Waals surface area contributed by atoms with Gasteiger partial charge < -0.3 is 10.1 Å². The second-order valence-electron chi connectivity index (χ2n) is 5.65. The Hall–Kier alpha value is -2.95. The molecule has 1 aromatic carbocycles. The minimum Gasteiger partial charge on any atom is -0.481 e. The summed E-state index contributed by atoms with van der Waals surface area (Å²) in [6.45, 7) is 0. The minimum absolute atomic E-state index is 0.0361. The van der Waals surface area contributed by atoms with Crippen LogP contribution >= 0.6 is 0 Å². The molecule has 122 valence electrons. The van der Waals surface area contributed by atoms with E-state index in [-0.39, 0.29) is 23.1 Å². The van der Waals surface area contributed by atoms with Crippen LogP contribution in [0.2, 0.25) is 0 Å². The summed E-state index contributed by atoms with van der Waals surface area (Å²) in [4.78, 5) is 28.8. The van der Waals surface area contributed by atoms with E-state index in [4.69, 9.17) is 4.74 Å². The molecule has 0 radical (unpaired) electrons. The topological polar surface area (TPSA) is 68.3 Å². The summed E-state index contributed by atoms with van der Waals surface area (Å²) in [6, 6.07) is 13.2. The van der Waals surface area contributed by atoms with Gasteiger partial charge in [-0.15, -0.1) is 0 Å². The van der Waals surface area contributed by atoms with Crippen LogP contribution in [0.4, 0.5) is 5.69 Å². The molecule has 3 rings (SSSR count). The summed E-state index contributed by atoms with van der Waals surface area (Å²) in [7, 11) is 1.54. The van der Waals surface area contributed by atoms with Gasteiger partial charge in [0.05, 0.1) is 24.6 Å². The molecule has 1 aliphatic rings. The number of nitrogens with one attached hydrogen (secondary N) is 1. The third-order valence-corrected chi connectivity index (χ3v) is 4.06. The molecule has 2 aromatic rings. The zero-order valence-electron chi connectivity index (χ0n) is 13.4. The molecule has 0 bridgehead atoms. The lowest BCUT2D eigenvalue weighted by molar-refractivity contribution is -0.124. The molecule has 1 aromatic heterocycles. The number of nitrogens with zero attached hydrogens (tertiary/aromatic N) is 1. The SMILES string of the molecule is COc1ccc(NC=C2C(=O)CC(c3ccccc3)CC2=O)cn1. The first kappa shape index (κ1) is 15.9. The Morgan fingerprint density at radius 2 is 1.79 bits per heavy atom. The van der Waals surface area contributed by atoms with Gasteiger partial charge in [0.15, 0.2) is 11.6 Å². The number of hydrogen-bond acceptors (Lipinski definition) is 5. The lowest BCUT2D eigenvalue weighted by Gasteiger charge is -2.22. The molecule has 0 saturated heterocycles. The molecule has 0 aliphatic heterocycles. The Labute approximate surface area is 140 Å². The summed E-state index contributed by atoms with van der Waals surface area (Å²) in [5.41, 5.74) is 1.94. The highest BCUT2D eigenvalue weighted by molar-refractivity contribution is 6.22. The van der Waals surface area contributed by atoms with Gasteiger partial charge in [-0.2, -0.15) is 0 Å². The van der Waals surface area contributed by atoms with E-state index in [1.54, 1.807) is 25.4 Å². The van der Waals surface area contributed by atoms with E-state index >= 15 is 0 Å². The monoisotopic (exact) mass is 322 g/mol. The van der Waals surface area contributed by atoms with Gasteiger partial charge in [-0.1, -0.05) is 30.3 Å². The Kier molecular flexibility index (Phi) is 4.70. The zero-order chi connectivity index (χ0) is 16.9. The maximum atomic E-state index is 12.3. The molecule has 1 fully saturated rings. The molecule has 1 heterocycles. The van der Waals surface area contributed by atoms with Crippen molar-refractivity contribution >= 4 is 17.3 Å². The number of pyridine rings is 1. The van der Waals surface area contributed by atoms with Crippen molar-refractivity contribution in [1.29, 1.82) is 0 Å². The molecule has 1 N–H and O–H groups in total. The number of Topliss-reactive ketones (excluding diaryl/α,β-unsaturated/α-hetero) is 2. The fourth-order valence-electron chi connectivity index (χ4n) is 2.76. The summed E-state index contributed by atoms with van der Waals surface area (Å²) in [5.74, 6) is 0.206. The van der Waals surface area contributed by atoms with Gasteiger partial charge in [0.25, 0.3) is 0 Å². The molecule has 1 saturated carbocycles. The number of benzene rings is 1. The first-order valence-corrected chi connectivity index (χ1v) is 7.75. The van der Waals surface area contributed by atoms with Gasteiger partial charge in [-0.05, 0) is 17.5 Å². The van der Waals surface area contributed by atoms with Crippen LogP contribution in [0.3, 0.4) is 0 Å². The number of anilines is 1. The largest absolute Gasteiger partial charge is 0.481 e. The van der Waals surface area contributed by atoms with Crippen molar-refractivity contribution in [2.75, 3.05) is 12.4 Å². The van der Waals surface area contributed by atoms with Crippen LogP contribution in [0.25, 0.3) is 0 Å². The summed E-state index contributed by atoms with van der Waals surface area (Å²) in [6.07, 6.45) is 3.77. The summed E-state index contributed by atoms with van der Waals surface area (Å²) < 4.78 is 4.99. The molecule has 5 heteroatoms. The number of methoxy groups -OCH3 is 1. The van der Waals surface area contributed by atoms with E-state index in [1.165, 1.54) is 6.20 Å². The first-order chi connectivity index (χ1) is 11.7. The third-order valence-electron chi connectivity index (χ3n) is 4.06. The maximum absolute atomic E-state index is 12.3. The number of aromatic nitrogens is 1. The van der Waals surface area contributed by atoms with Crippen molar-refractivity contribution in [3.63, 3.8) is 0 Å². The number of rotatable bonds is 4. The van der Waals surface area contributed by atoms with E-state index in [1.807, 2.05) is 30.3 Å². The minimum atomic E-state index is -0.130. The van der Waals surface area contributed by atoms with E-state index in [2.05, 4.69) is 10.3 Å². The van der Waals surface area contributed by atoms with Crippen molar-refractivity contribution in [2.24, 2.45) is 0 Å². The van der Waals surface area contributed by atoms with Gasteiger partial charge in [0.2, 0.25) is 5.88 Å². The standard InChI is InChI=1S/C19H18N2O3/c1-24-19-8-7-15(11-21-19)20-12-16-17(22)9-14(10-18(16)23)13-5-3-2-4-6-13/h2-8,11-12,14,20H,9-10H2,1H3. The molecule has 1 aliphatic carbocycles. The van der Waals surface area contributed by atoms with Crippen LogP contribution in [0.15, 0.2) is 60.4 Å². The number of ether oxygens (including phenoxy) is 1. The quantitative estimate of drug-likeness (QED) is 0.692. The highest BCUT2D eigenvalue weighted by Crippen LogP contribution is 2.31. The second-order valence-corrected chi connectivity index (χ2v) is 5.65. The molecule has 0 amide bonds. The molecule has 0 unspecified atom stereocenters. The van der Waals surface area contributed by atoms with Crippen LogP contribution in [-0.2, 0) is 9.59 Å². The predicted octanol–water partition coefficient (Wildman–Crippen LogP) is 3.10. The van der Waals surface area contributed by atoms with Crippen LogP contribution in [0, 0.1) is 0 Å². The van der Waals surface area contributed by atoms with E-state index in [0.29, 0.717) is 24.4 Å². The van der Waals surface area contributed by atoms with Crippen LogP contribution in [0.1, 0.15) is 24.3 Å². The van der Waals surface area contributed by atoms with Gasteiger partial charge in [-0.3, -0.25) is 9.59 Å². The van der Waals surface area contributed by atoms with Gasteiger partial charge in [-0.25, -0.2) is 4.98 Å². The van der Waals surface area contributed by atoms with Gasteiger partial charge in [0.1, 0.15) is 0 Å². The van der Waals surface area contributed by atoms with E-state index in [0.717, 1.165) is 5.56 Å². The van der Waals surface area contributed by atoms with Crippen LogP contribution < -0.4 is 10.1 Å². The number of carbonyl (C=O) groups is 2. The van der Waals surface area contributed by atoms with Crippen LogP contribution in [-0.4, -0.2) is 23.7 Å². The van der Waals surface area contributed by atoms with Crippen molar-refractivity contribution in [1.82, 2.24) is 4.98 Å². The van der Waals surface area contributed by atoms with Crippen molar-refractivity contribution in [3.05, 3.63) is 66.0 Å². The van der Waals surface area contributed by atoms with Crippen molar-refractivity contribution in [2.45, 2.75) is 18.8 Å². The number of hydrogen-bond donors (Lipinski definition) is 1. The number of carbonyl (C=O) groups excluding carboxylic acids is 2. The van der Waals surface area contributed by atoms with Crippen LogP contribution in [0.5, 0.6) is 5.88 Å². The van der Waals surface area contributed by atoms with Crippen molar-refractivity contribution < 1.29 is 14.3 Å². The lowest BCUT2D eigenvalue weighted by Crippen LogP contribution is -2.25. The highest BCUT2D eigenvalue weighted by atomic mass is 16.5. The molecule has 0 spiro atoms. The maximum Gasteiger partial charge on any atom is 0.213 e. The molecular formula is C19H18N2O3. The zero-order valence-corrected chi connectivity index (χ0v) is 13.4. The molecule has 0 atom stereocenters. The molecular weight excluding hydrogens is 304 g/mol. The summed E-state index contributed by atoms with van der Waals surface area (Å²) in [5, 5.41) is 2.96. The summed E-state index contributed by atoms with van der Waals surface area (Å²) >= 11 is 0. The Bertz CT molecular complexity index is 747. The van der Waals surface area contributed by atoms with E-state index in [9.17, 15) is 9.59 Å². The first-order valence-electron chi connectivity index (χ1n) is 7.75. The normalized spacial score (nSPS) is 17.5. The Morgan fingerprint density at radius 3 is 2.38 bits per heavy atom. The van der Waals surface area contributed by atoms with Gasteiger partial charge in [0, 0.05) is 25.1 Å². The van der Waals surface area contributed by atoms with E-state index < -0.39 is 0 Å². The lowest BCUT2D eigenvalue weighted by atomic mass is 9.80.